The lowest BCUT2D eigenvalue weighted by molar-refractivity contribution is 0.103. The molecular formula is C17H23ClN2O3. The minimum atomic E-state index is 0.548. The van der Waals surface area contributed by atoms with Crippen molar-refractivity contribution in [3.05, 3.63) is 35.5 Å². The lowest BCUT2D eigenvalue weighted by Gasteiger charge is -2.21. The summed E-state index contributed by atoms with van der Waals surface area (Å²) in [5, 5.41) is 2.67. The molecule has 0 aliphatic rings. The predicted octanol–water partition coefficient (Wildman–Crippen LogP) is 2.86. The van der Waals surface area contributed by atoms with E-state index in [2.05, 4.69) is 9.88 Å². The first-order chi connectivity index (χ1) is 11.2. The Balaban J connectivity index is 1.95. The highest BCUT2D eigenvalue weighted by Gasteiger charge is 2.08. The number of halogens is 1. The van der Waals surface area contributed by atoms with Crippen molar-refractivity contribution in [2.45, 2.75) is 0 Å². The van der Waals surface area contributed by atoms with Gasteiger partial charge >= 0.3 is 0 Å². The van der Waals surface area contributed by atoms with Gasteiger partial charge in [-0.2, -0.15) is 0 Å². The summed E-state index contributed by atoms with van der Waals surface area (Å²) >= 11 is 6.07. The average molecular weight is 339 g/mol. The molecule has 0 bridgehead atoms. The van der Waals surface area contributed by atoms with Crippen molar-refractivity contribution in [3.8, 4) is 5.88 Å². The van der Waals surface area contributed by atoms with Crippen molar-refractivity contribution in [2.24, 2.45) is 0 Å². The summed E-state index contributed by atoms with van der Waals surface area (Å²) in [7, 11) is 3.41. The Hall–Kier alpha value is -1.40. The highest BCUT2D eigenvalue weighted by Crippen LogP contribution is 2.26. The van der Waals surface area contributed by atoms with Crippen LogP contribution in [0.5, 0.6) is 5.88 Å². The molecule has 0 saturated carbocycles. The van der Waals surface area contributed by atoms with Gasteiger partial charge in [0.05, 0.1) is 13.2 Å². The molecule has 0 amide bonds. The fraction of sp³-hybridized carbons (Fsp3) is 0.471. The first-order valence-corrected chi connectivity index (χ1v) is 7.99. The molecular weight excluding hydrogens is 316 g/mol. The number of rotatable bonds is 10. The van der Waals surface area contributed by atoms with Gasteiger partial charge in [-0.3, -0.25) is 4.90 Å². The number of nitrogens with zero attached hydrogens (tertiary/aromatic N) is 2. The maximum atomic E-state index is 6.07. The predicted molar refractivity (Wildman–Crippen MR) is 92.4 cm³/mol. The van der Waals surface area contributed by atoms with E-state index in [0.29, 0.717) is 30.7 Å². The van der Waals surface area contributed by atoms with E-state index in [0.717, 1.165) is 30.4 Å². The zero-order valence-corrected chi connectivity index (χ0v) is 14.4. The summed E-state index contributed by atoms with van der Waals surface area (Å²) in [6, 6.07) is 7.66. The standard InChI is InChI=1S/C17H23ClN2O3/c1-21-10-7-20(8-11-22-2)9-12-23-17-16-13-15(18)4-3-14(16)5-6-19-17/h3-6,13H,7-12H2,1-2H3. The second kappa shape index (κ2) is 9.67. The highest BCUT2D eigenvalue weighted by atomic mass is 35.5. The first kappa shape index (κ1) is 17.9. The van der Waals surface area contributed by atoms with E-state index in [1.165, 1.54) is 0 Å². The summed E-state index contributed by atoms with van der Waals surface area (Å²) in [6.07, 6.45) is 1.75. The van der Waals surface area contributed by atoms with Gasteiger partial charge in [-0.05, 0) is 23.6 Å². The van der Waals surface area contributed by atoms with Crippen LogP contribution in [-0.4, -0.2) is 63.6 Å². The molecule has 0 unspecified atom stereocenters. The van der Waals surface area contributed by atoms with Gasteiger partial charge in [0.1, 0.15) is 6.61 Å². The molecule has 5 nitrogen and oxygen atoms in total. The minimum absolute atomic E-state index is 0.548. The van der Waals surface area contributed by atoms with Gasteiger partial charge in [0.15, 0.2) is 0 Å². The van der Waals surface area contributed by atoms with Crippen LogP contribution < -0.4 is 4.74 Å². The fourth-order valence-corrected chi connectivity index (χ4v) is 2.45. The Labute approximate surface area is 142 Å². The van der Waals surface area contributed by atoms with Crippen molar-refractivity contribution < 1.29 is 14.2 Å². The molecule has 0 radical (unpaired) electrons. The van der Waals surface area contributed by atoms with Crippen LogP contribution in [0.15, 0.2) is 30.5 Å². The minimum Gasteiger partial charge on any atom is -0.476 e. The van der Waals surface area contributed by atoms with Gasteiger partial charge in [0.2, 0.25) is 5.88 Å². The van der Waals surface area contributed by atoms with Crippen LogP contribution in [0.3, 0.4) is 0 Å². The Morgan fingerprint density at radius 2 is 1.70 bits per heavy atom. The van der Waals surface area contributed by atoms with E-state index in [-0.39, 0.29) is 0 Å². The average Bonchev–Trinajstić information content (AvgIpc) is 2.57. The molecule has 1 heterocycles. The topological polar surface area (TPSA) is 43.8 Å². The molecule has 0 spiro atoms. The quantitative estimate of drug-likeness (QED) is 0.666. The third-order valence-corrected chi connectivity index (χ3v) is 3.80. The van der Waals surface area contributed by atoms with E-state index in [1.807, 2.05) is 24.3 Å². The molecule has 1 aromatic carbocycles. The number of aromatic nitrogens is 1. The molecule has 0 saturated heterocycles. The van der Waals surface area contributed by atoms with E-state index >= 15 is 0 Å². The zero-order valence-electron chi connectivity index (χ0n) is 13.6. The van der Waals surface area contributed by atoms with Crippen molar-refractivity contribution in [1.29, 1.82) is 0 Å². The van der Waals surface area contributed by atoms with Crippen LogP contribution >= 0.6 is 11.6 Å². The van der Waals surface area contributed by atoms with Crippen LogP contribution in [0, 0.1) is 0 Å². The fourth-order valence-electron chi connectivity index (χ4n) is 2.28. The first-order valence-electron chi connectivity index (χ1n) is 7.62. The van der Waals surface area contributed by atoms with Crippen LogP contribution in [-0.2, 0) is 9.47 Å². The number of fused-ring (bicyclic) bond motifs is 1. The maximum absolute atomic E-state index is 6.07. The Morgan fingerprint density at radius 1 is 1.00 bits per heavy atom. The van der Waals surface area contributed by atoms with Crippen molar-refractivity contribution in [2.75, 3.05) is 53.7 Å². The summed E-state index contributed by atoms with van der Waals surface area (Å²) in [4.78, 5) is 6.56. The number of hydrogen-bond acceptors (Lipinski definition) is 5. The summed E-state index contributed by atoms with van der Waals surface area (Å²) in [5.41, 5.74) is 0. The summed E-state index contributed by atoms with van der Waals surface area (Å²) in [6.45, 7) is 4.39. The second-order valence-electron chi connectivity index (χ2n) is 5.16. The van der Waals surface area contributed by atoms with Gasteiger partial charge in [-0.15, -0.1) is 0 Å². The summed E-state index contributed by atoms with van der Waals surface area (Å²) < 4.78 is 16.1. The third-order valence-electron chi connectivity index (χ3n) is 3.56. The van der Waals surface area contributed by atoms with Crippen LogP contribution in [0.1, 0.15) is 0 Å². The van der Waals surface area contributed by atoms with Crippen LogP contribution in [0.25, 0.3) is 10.8 Å². The number of pyridine rings is 1. The lowest BCUT2D eigenvalue weighted by atomic mass is 10.2. The molecule has 1 aromatic heterocycles. The van der Waals surface area contributed by atoms with Crippen molar-refractivity contribution >= 4 is 22.4 Å². The van der Waals surface area contributed by atoms with E-state index in [9.17, 15) is 0 Å². The number of methoxy groups -OCH3 is 2. The maximum Gasteiger partial charge on any atom is 0.221 e. The molecule has 0 aliphatic heterocycles. The van der Waals surface area contributed by atoms with Gasteiger partial charge in [-0.1, -0.05) is 17.7 Å². The molecule has 23 heavy (non-hydrogen) atoms. The Bertz CT molecular complexity index is 601. The van der Waals surface area contributed by atoms with Gasteiger partial charge in [0, 0.05) is 50.5 Å². The molecule has 126 valence electrons. The Kier molecular flexibility index (Phi) is 7.55. The van der Waals surface area contributed by atoms with Crippen molar-refractivity contribution in [1.82, 2.24) is 9.88 Å². The number of benzene rings is 1. The van der Waals surface area contributed by atoms with Crippen LogP contribution in [0.4, 0.5) is 0 Å². The smallest absolute Gasteiger partial charge is 0.221 e. The zero-order chi connectivity index (χ0) is 16.5. The molecule has 0 fully saturated rings. The summed E-state index contributed by atoms with van der Waals surface area (Å²) in [5.74, 6) is 0.614. The molecule has 0 aliphatic carbocycles. The molecule has 0 atom stereocenters. The van der Waals surface area contributed by atoms with Gasteiger partial charge in [-0.25, -0.2) is 4.98 Å². The van der Waals surface area contributed by atoms with E-state index < -0.39 is 0 Å². The molecule has 0 N–H and O–H groups in total. The van der Waals surface area contributed by atoms with Gasteiger partial charge in [0.25, 0.3) is 0 Å². The highest BCUT2D eigenvalue weighted by molar-refractivity contribution is 6.31. The molecule has 2 rings (SSSR count). The van der Waals surface area contributed by atoms with E-state index in [4.69, 9.17) is 25.8 Å². The lowest BCUT2D eigenvalue weighted by Crippen LogP contribution is -2.34. The largest absolute Gasteiger partial charge is 0.476 e. The van der Waals surface area contributed by atoms with Gasteiger partial charge < -0.3 is 14.2 Å². The molecule has 2 aromatic rings. The number of ether oxygens (including phenoxy) is 3. The van der Waals surface area contributed by atoms with E-state index in [1.54, 1.807) is 20.4 Å². The number of hydrogen-bond donors (Lipinski definition) is 0. The second-order valence-corrected chi connectivity index (χ2v) is 5.59. The SMILES string of the molecule is COCCN(CCOC)CCOc1nccc2ccc(Cl)cc12. The molecule has 6 heteroatoms. The third kappa shape index (κ3) is 5.62. The monoisotopic (exact) mass is 338 g/mol. The Morgan fingerprint density at radius 3 is 2.39 bits per heavy atom. The normalized spacial score (nSPS) is 11.3. The van der Waals surface area contributed by atoms with Crippen LogP contribution in [0.2, 0.25) is 5.02 Å². The van der Waals surface area contributed by atoms with Crippen molar-refractivity contribution in [3.63, 3.8) is 0 Å².